The van der Waals surface area contributed by atoms with E-state index < -0.39 is 28.2 Å². The van der Waals surface area contributed by atoms with E-state index in [9.17, 15) is 13.2 Å². The number of rotatable bonds is 5. The van der Waals surface area contributed by atoms with Crippen molar-refractivity contribution < 1.29 is 17.9 Å². The smallest absolute Gasteiger partial charge is 0.326 e. The Hall–Kier alpha value is -1.48. The summed E-state index contributed by atoms with van der Waals surface area (Å²) in [7, 11) is -2.75. The van der Waals surface area contributed by atoms with Gasteiger partial charge in [0.2, 0.25) is 10.0 Å². The van der Waals surface area contributed by atoms with Crippen molar-refractivity contribution in [2.75, 3.05) is 7.11 Å². The van der Waals surface area contributed by atoms with E-state index in [1.807, 2.05) is 0 Å². The van der Waals surface area contributed by atoms with Gasteiger partial charge in [-0.25, -0.2) is 8.42 Å². The van der Waals surface area contributed by atoms with Crippen molar-refractivity contribution in [1.82, 2.24) is 4.72 Å². The SMILES string of the molecule is COC(=O)[C@@H](NS(=O)(=O)c1ccccc1)C(N)N. The standard InChI is InChI=1S/C10H15N3O4S/c1-17-10(14)8(9(11)12)13-18(15,16)7-5-3-2-4-6-7/h2-6,8-9,13H,11-12H2,1H3/t8-/m0/s1. The molecule has 1 aromatic carbocycles. The molecule has 0 saturated heterocycles. The monoisotopic (exact) mass is 273 g/mol. The molecule has 7 nitrogen and oxygen atoms in total. The molecule has 0 spiro atoms. The number of esters is 1. The van der Waals surface area contributed by atoms with Gasteiger partial charge in [-0.1, -0.05) is 18.2 Å². The topological polar surface area (TPSA) is 125 Å². The molecule has 5 N–H and O–H groups in total. The molecule has 0 heterocycles. The minimum absolute atomic E-state index is 0.0135. The first kappa shape index (κ1) is 14.6. The van der Waals surface area contributed by atoms with Crippen molar-refractivity contribution in [2.24, 2.45) is 11.5 Å². The van der Waals surface area contributed by atoms with E-state index in [-0.39, 0.29) is 4.90 Å². The molecule has 0 unspecified atom stereocenters. The fourth-order valence-electron chi connectivity index (χ4n) is 1.25. The quantitative estimate of drug-likeness (QED) is 0.455. The maximum atomic E-state index is 11.9. The number of benzene rings is 1. The zero-order valence-corrected chi connectivity index (χ0v) is 10.6. The number of carbonyl (C=O) groups is 1. The zero-order chi connectivity index (χ0) is 13.8. The van der Waals surface area contributed by atoms with Gasteiger partial charge in [0, 0.05) is 0 Å². The molecule has 0 saturated carbocycles. The zero-order valence-electron chi connectivity index (χ0n) is 9.74. The molecule has 0 fully saturated rings. The van der Waals surface area contributed by atoms with Crippen LogP contribution in [0.15, 0.2) is 35.2 Å². The maximum Gasteiger partial charge on any atom is 0.326 e. The first-order valence-electron chi connectivity index (χ1n) is 5.05. The van der Waals surface area contributed by atoms with Crippen molar-refractivity contribution in [2.45, 2.75) is 17.1 Å². The van der Waals surface area contributed by atoms with Crippen LogP contribution in [-0.4, -0.2) is 33.7 Å². The van der Waals surface area contributed by atoms with Gasteiger partial charge in [0.1, 0.15) is 6.04 Å². The summed E-state index contributed by atoms with van der Waals surface area (Å²) in [6.07, 6.45) is -1.20. The Morgan fingerprint density at radius 3 is 2.28 bits per heavy atom. The van der Waals surface area contributed by atoms with Crippen molar-refractivity contribution in [3.05, 3.63) is 30.3 Å². The Balaban J connectivity index is 2.97. The van der Waals surface area contributed by atoms with Crippen LogP contribution < -0.4 is 16.2 Å². The average molecular weight is 273 g/mol. The van der Waals surface area contributed by atoms with E-state index in [1.165, 1.54) is 12.1 Å². The van der Waals surface area contributed by atoms with Gasteiger partial charge in [-0.05, 0) is 12.1 Å². The maximum absolute atomic E-state index is 11.9. The predicted molar refractivity (Wildman–Crippen MR) is 64.7 cm³/mol. The first-order valence-corrected chi connectivity index (χ1v) is 6.53. The van der Waals surface area contributed by atoms with Crippen LogP contribution in [0.1, 0.15) is 0 Å². The largest absolute Gasteiger partial charge is 0.468 e. The number of hydrogen-bond donors (Lipinski definition) is 3. The summed E-state index contributed by atoms with van der Waals surface area (Å²) in [6.45, 7) is 0. The number of nitrogens with one attached hydrogen (secondary N) is 1. The van der Waals surface area contributed by atoms with Crippen LogP contribution in [0.25, 0.3) is 0 Å². The minimum Gasteiger partial charge on any atom is -0.468 e. The summed E-state index contributed by atoms with van der Waals surface area (Å²) in [6, 6.07) is 6.23. The van der Waals surface area contributed by atoms with Crippen molar-refractivity contribution >= 4 is 16.0 Å². The van der Waals surface area contributed by atoms with Crippen molar-refractivity contribution in [1.29, 1.82) is 0 Å². The molecular weight excluding hydrogens is 258 g/mol. The Morgan fingerprint density at radius 2 is 1.83 bits per heavy atom. The van der Waals surface area contributed by atoms with Crippen LogP contribution >= 0.6 is 0 Å². The summed E-state index contributed by atoms with van der Waals surface area (Å²) < 4.78 is 30.4. The summed E-state index contributed by atoms with van der Waals surface area (Å²) in [5.74, 6) is -0.843. The highest BCUT2D eigenvalue weighted by molar-refractivity contribution is 7.89. The van der Waals surface area contributed by atoms with E-state index in [2.05, 4.69) is 9.46 Å². The van der Waals surface area contributed by atoms with Gasteiger partial charge in [-0.15, -0.1) is 0 Å². The number of sulfonamides is 1. The van der Waals surface area contributed by atoms with Gasteiger partial charge < -0.3 is 16.2 Å². The Bertz CT molecular complexity index is 501. The molecular formula is C10H15N3O4S. The molecule has 0 radical (unpaired) electrons. The first-order chi connectivity index (χ1) is 8.38. The predicted octanol–water partition coefficient (Wildman–Crippen LogP) is -1.25. The molecule has 0 aliphatic rings. The van der Waals surface area contributed by atoms with Crippen LogP contribution in [0.2, 0.25) is 0 Å². The number of hydrogen-bond acceptors (Lipinski definition) is 6. The van der Waals surface area contributed by atoms with Gasteiger partial charge in [0.25, 0.3) is 0 Å². The Labute approximate surface area is 105 Å². The lowest BCUT2D eigenvalue weighted by molar-refractivity contribution is -0.143. The lowest BCUT2D eigenvalue weighted by Crippen LogP contribution is -2.56. The molecule has 0 aliphatic carbocycles. The number of ether oxygens (including phenoxy) is 1. The molecule has 0 amide bonds. The number of methoxy groups -OCH3 is 1. The van der Waals surface area contributed by atoms with Crippen LogP contribution in [-0.2, 0) is 19.6 Å². The lowest BCUT2D eigenvalue weighted by atomic mass is 10.3. The third-order valence-electron chi connectivity index (χ3n) is 2.18. The summed E-state index contributed by atoms with van der Waals surface area (Å²) in [5.41, 5.74) is 10.7. The third-order valence-corrected chi connectivity index (χ3v) is 3.63. The fraction of sp³-hybridized carbons (Fsp3) is 0.300. The van der Waals surface area contributed by atoms with Gasteiger partial charge >= 0.3 is 5.97 Å². The summed E-state index contributed by atoms with van der Waals surface area (Å²) >= 11 is 0. The van der Waals surface area contributed by atoms with Crippen LogP contribution in [0.5, 0.6) is 0 Å². The van der Waals surface area contributed by atoms with Gasteiger partial charge in [0.15, 0.2) is 0 Å². The van der Waals surface area contributed by atoms with E-state index in [0.717, 1.165) is 7.11 Å². The van der Waals surface area contributed by atoms with Gasteiger partial charge in [-0.3, -0.25) is 4.79 Å². The van der Waals surface area contributed by atoms with E-state index in [0.29, 0.717) is 0 Å². The second-order valence-electron chi connectivity index (χ2n) is 3.51. The molecule has 8 heteroatoms. The summed E-state index contributed by atoms with van der Waals surface area (Å²) in [4.78, 5) is 11.4. The Kier molecular flexibility index (Phi) is 4.79. The van der Waals surface area contributed by atoms with Crippen molar-refractivity contribution in [3.63, 3.8) is 0 Å². The van der Waals surface area contributed by atoms with Crippen LogP contribution in [0.4, 0.5) is 0 Å². The van der Waals surface area contributed by atoms with E-state index in [4.69, 9.17) is 11.5 Å². The van der Waals surface area contributed by atoms with Crippen LogP contribution in [0, 0.1) is 0 Å². The molecule has 1 aromatic rings. The second-order valence-corrected chi connectivity index (χ2v) is 5.23. The lowest BCUT2D eigenvalue weighted by Gasteiger charge is -2.19. The average Bonchev–Trinajstić information content (AvgIpc) is 2.36. The number of nitrogens with two attached hydrogens (primary N) is 2. The van der Waals surface area contributed by atoms with Crippen LogP contribution in [0.3, 0.4) is 0 Å². The molecule has 0 aliphatic heterocycles. The van der Waals surface area contributed by atoms with E-state index in [1.54, 1.807) is 18.2 Å². The molecule has 18 heavy (non-hydrogen) atoms. The van der Waals surface area contributed by atoms with Crippen molar-refractivity contribution in [3.8, 4) is 0 Å². The molecule has 1 rings (SSSR count). The second kappa shape index (κ2) is 5.91. The molecule has 1 atom stereocenters. The number of carbonyl (C=O) groups excluding carboxylic acids is 1. The minimum atomic E-state index is -3.87. The third kappa shape index (κ3) is 3.50. The highest BCUT2D eigenvalue weighted by Crippen LogP contribution is 2.08. The Morgan fingerprint density at radius 1 is 1.28 bits per heavy atom. The summed E-state index contributed by atoms with van der Waals surface area (Å²) in [5, 5.41) is 0. The van der Waals surface area contributed by atoms with Gasteiger partial charge in [0.05, 0.1) is 18.2 Å². The van der Waals surface area contributed by atoms with E-state index >= 15 is 0 Å². The normalized spacial score (nSPS) is 13.3. The molecule has 100 valence electrons. The highest BCUT2D eigenvalue weighted by atomic mass is 32.2. The van der Waals surface area contributed by atoms with Gasteiger partial charge in [-0.2, -0.15) is 4.72 Å². The molecule has 0 aromatic heterocycles. The molecule has 0 bridgehead atoms. The fourth-order valence-corrected chi connectivity index (χ4v) is 2.48. The highest BCUT2D eigenvalue weighted by Gasteiger charge is 2.29.